The lowest BCUT2D eigenvalue weighted by Gasteiger charge is -2.04. The molecule has 0 unspecified atom stereocenters. The number of pyridine rings is 1. The molecular formula is C12H15NO3. The van der Waals surface area contributed by atoms with E-state index in [-0.39, 0.29) is 17.3 Å². The fourth-order valence-corrected chi connectivity index (χ4v) is 2.37. The van der Waals surface area contributed by atoms with Gasteiger partial charge in [-0.15, -0.1) is 0 Å². The van der Waals surface area contributed by atoms with Crippen LogP contribution in [0.25, 0.3) is 0 Å². The molecule has 86 valence electrons. The van der Waals surface area contributed by atoms with Gasteiger partial charge in [-0.2, -0.15) is 0 Å². The van der Waals surface area contributed by atoms with Gasteiger partial charge in [-0.25, -0.2) is 4.98 Å². The van der Waals surface area contributed by atoms with E-state index in [2.05, 4.69) is 4.98 Å². The molecule has 0 radical (unpaired) electrons. The number of carboxylic acid groups (broad SMARTS) is 1. The SMILES string of the molecule is COc1cccc([C@@H]2[C@@H](C(=O)O)C2(C)C)n1. The van der Waals surface area contributed by atoms with Gasteiger partial charge in [-0.05, 0) is 11.5 Å². The van der Waals surface area contributed by atoms with Crippen molar-refractivity contribution < 1.29 is 14.6 Å². The maximum Gasteiger partial charge on any atom is 0.307 e. The predicted octanol–water partition coefficient (Wildman–Crippen LogP) is 1.91. The maximum absolute atomic E-state index is 11.1. The van der Waals surface area contributed by atoms with Crippen LogP contribution in [0.1, 0.15) is 25.5 Å². The number of ether oxygens (including phenoxy) is 1. The number of hydrogen-bond acceptors (Lipinski definition) is 3. The molecule has 1 aliphatic rings. The maximum atomic E-state index is 11.1. The topological polar surface area (TPSA) is 59.4 Å². The minimum atomic E-state index is -0.750. The summed E-state index contributed by atoms with van der Waals surface area (Å²) in [6, 6.07) is 5.46. The molecule has 1 aromatic rings. The average molecular weight is 221 g/mol. The Labute approximate surface area is 94.3 Å². The summed E-state index contributed by atoms with van der Waals surface area (Å²) in [5, 5.41) is 9.09. The second kappa shape index (κ2) is 3.47. The number of hydrogen-bond donors (Lipinski definition) is 1. The summed E-state index contributed by atoms with van der Waals surface area (Å²) in [4.78, 5) is 15.4. The van der Waals surface area contributed by atoms with Crippen molar-refractivity contribution in [3.05, 3.63) is 23.9 Å². The van der Waals surface area contributed by atoms with Gasteiger partial charge >= 0.3 is 5.97 Å². The average Bonchev–Trinajstić information content (AvgIpc) is 2.82. The zero-order chi connectivity index (χ0) is 11.9. The van der Waals surface area contributed by atoms with E-state index in [0.29, 0.717) is 5.88 Å². The molecule has 1 saturated carbocycles. The highest BCUT2D eigenvalue weighted by molar-refractivity contribution is 5.77. The Hall–Kier alpha value is -1.58. The third kappa shape index (κ3) is 1.54. The van der Waals surface area contributed by atoms with E-state index in [4.69, 9.17) is 9.84 Å². The molecule has 0 bridgehead atoms. The van der Waals surface area contributed by atoms with Gasteiger partial charge < -0.3 is 9.84 Å². The Bertz CT molecular complexity index is 428. The molecule has 1 aromatic heterocycles. The third-order valence-electron chi connectivity index (χ3n) is 3.37. The summed E-state index contributed by atoms with van der Waals surface area (Å²) < 4.78 is 5.04. The van der Waals surface area contributed by atoms with Crippen LogP contribution in [0.15, 0.2) is 18.2 Å². The monoisotopic (exact) mass is 221 g/mol. The van der Waals surface area contributed by atoms with Crippen LogP contribution in [0.3, 0.4) is 0 Å². The van der Waals surface area contributed by atoms with Crippen molar-refractivity contribution in [3.8, 4) is 5.88 Å². The van der Waals surface area contributed by atoms with E-state index in [0.717, 1.165) is 5.69 Å². The fraction of sp³-hybridized carbons (Fsp3) is 0.500. The normalized spacial score (nSPS) is 26.2. The highest BCUT2D eigenvalue weighted by Crippen LogP contribution is 2.64. The minimum absolute atomic E-state index is 0.0138. The molecule has 2 rings (SSSR count). The molecule has 0 spiro atoms. The molecule has 1 N–H and O–H groups in total. The first-order valence-corrected chi connectivity index (χ1v) is 5.22. The summed E-state index contributed by atoms with van der Waals surface area (Å²) in [6.45, 7) is 3.91. The molecular weight excluding hydrogens is 206 g/mol. The molecule has 4 nitrogen and oxygen atoms in total. The standard InChI is InChI=1S/C12H15NO3/c1-12(2)9(10(12)11(14)15)7-5-4-6-8(13-7)16-3/h4-6,9-10H,1-3H3,(H,14,15)/t9-,10+/m1/s1. The summed E-state index contributed by atoms with van der Waals surface area (Å²) >= 11 is 0. The number of nitrogens with zero attached hydrogens (tertiary/aromatic N) is 1. The first-order valence-electron chi connectivity index (χ1n) is 5.22. The van der Waals surface area contributed by atoms with E-state index >= 15 is 0 Å². The zero-order valence-electron chi connectivity index (χ0n) is 9.60. The third-order valence-corrected chi connectivity index (χ3v) is 3.37. The van der Waals surface area contributed by atoms with Crippen LogP contribution in [0.2, 0.25) is 0 Å². The summed E-state index contributed by atoms with van der Waals surface area (Å²) in [5.74, 6) is -0.573. The van der Waals surface area contributed by atoms with Crippen LogP contribution >= 0.6 is 0 Å². The van der Waals surface area contributed by atoms with Crippen molar-refractivity contribution >= 4 is 5.97 Å². The fourth-order valence-electron chi connectivity index (χ4n) is 2.37. The van der Waals surface area contributed by atoms with Crippen molar-refractivity contribution in [1.82, 2.24) is 4.98 Å². The largest absolute Gasteiger partial charge is 0.481 e. The van der Waals surface area contributed by atoms with E-state index in [1.807, 2.05) is 26.0 Å². The van der Waals surface area contributed by atoms with E-state index in [1.165, 1.54) is 0 Å². The number of rotatable bonds is 3. The molecule has 0 aliphatic heterocycles. The first kappa shape index (κ1) is 10.9. The van der Waals surface area contributed by atoms with Gasteiger partial charge in [0.15, 0.2) is 0 Å². The summed E-state index contributed by atoms with van der Waals surface area (Å²) in [6.07, 6.45) is 0. The van der Waals surface area contributed by atoms with Crippen LogP contribution in [-0.2, 0) is 4.79 Å². The minimum Gasteiger partial charge on any atom is -0.481 e. The number of aliphatic carboxylic acids is 1. The smallest absolute Gasteiger partial charge is 0.307 e. The Morgan fingerprint density at radius 3 is 2.69 bits per heavy atom. The molecule has 16 heavy (non-hydrogen) atoms. The summed E-state index contributed by atoms with van der Waals surface area (Å²) in [5.41, 5.74) is 0.585. The van der Waals surface area contributed by atoms with Gasteiger partial charge in [0.05, 0.1) is 13.0 Å². The Morgan fingerprint density at radius 1 is 1.50 bits per heavy atom. The van der Waals surface area contributed by atoms with Crippen molar-refractivity contribution in [1.29, 1.82) is 0 Å². The quantitative estimate of drug-likeness (QED) is 0.847. The lowest BCUT2D eigenvalue weighted by Crippen LogP contribution is -2.03. The Kier molecular flexibility index (Phi) is 2.37. The van der Waals surface area contributed by atoms with Crippen molar-refractivity contribution in [3.63, 3.8) is 0 Å². The number of carboxylic acids is 1. The van der Waals surface area contributed by atoms with Gasteiger partial charge in [0.25, 0.3) is 0 Å². The molecule has 0 aromatic carbocycles. The molecule has 0 saturated heterocycles. The molecule has 1 fully saturated rings. The van der Waals surface area contributed by atoms with Crippen LogP contribution in [-0.4, -0.2) is 23.2 Å². The number of carbonyl (C=O) groups is 1. The molecule has 2 atom stereocenters. The van der Waals surface area contributed by atoms with Crippen LogP contribution < -0.4 is 4.74 Å². The van der Waals surface area contributed by atoms with Crippen molar-refractivity contribution in [2.45, 2.75) is 19.8 Å². The molecule has 1 aliphatic carbocycles. The van der Waals surface area contributed by atoms with Gasteiger partial charge in [0.1, 0.15) is 0 Å². The van der Waals surface area contributed by atoms with Crippen molar-refractivity contribution in [2.24, 2.45) is 11.3 Å². The van der Waals surface area contributed by atoms with Crippen LogP contribution in [0.5, 0.6) is 5.88 Å². The predicted molar refractivity (Wildman–Crippen MR) is 58.4 cm³/mol. The first-order chi connectivity index (χ1) is 7.48. The Morgan fingerprint density at radius 2 is 2.19 bits per heavy atom. The van der Waals surface area contributed by atoms with Crippen LogP contribution in [0, 0.1) is 11.3 Å². The lowest BCUT2D eigenvalue weighted by atomic mass is 10.1. The highest BCUT2D eigenvalue weighted by Gasteiger charge is 2.63. The van der Waals surface area contributed by atoms with Crippen LogP contribution in [0.4, 0.5) is 0 Å². The molecule has 4 heteroatoms. The number of aromatic nitrogens is 1. The van der Waals surface area contributed by atoms with Gasteiger partial charge in [-0.1, -0.05) is 19.9 Å². The second-order valence-electron chi connectivity index (χ2n) is 4.72. The van der Waals surface area contributed by atoms with Gasteiger partial charge in [0.2, 0.25) is 5.88 Å². The van der Waals surface area contributed by atoms with Gasteiger partial charge in [-0.3, -0.25) is 4.79 Å². The van der Waals surface area contributed by atoms with E-state index in [9.17, 15) is 4.79 Å². The Balaban J connectivity index is 2.29. The van der Waals surface area contributed by atoms with Gasteiger partial charge in [0, 0.05) is 17.7 Å². The van der Waals surface area contributed by atoms with Crippen molar-refractivity contribution in [2.75, 3.05) is 7.11 Å². The second-order valence-corrected chi connectivity index (χ2v) is 4.72. The molecule has 0 amide bonds. The van der Waals surface area contributed by atoms with E-state index in [1.54, 1.807) is 13.2 Å². The number of methoxy groups -OCH3 is 1. The molecule has 1 heterocycles. The lowest BCUT2D eigenvalue weighted by molar-refractivity contribution is -0.139. The summed E-state index contributed by atoms with van der Waals surface area (Å²) in [7, 11) is 1.55. The zero-order valence-corrected chi connectivity index (χ0v) is 9.60. The highest BCUT2D eigenvalue weighted by atomic mass is 16.5. The van der Waals surface area contributed by atoms with E-state index < -0.39 is 5.97 Å².